The van der Waals surface area contributed by atoms with Crippen LogP contribution in [0.3, 0.4) is 0 Å². The number of urea groups is 1. The van der Waals surface area contributed by atoms with E-state index < -0.39 is 12.0 Å². The van der Waals surface area contributed by atoms with Gasteiger partial charge < -0.3 is 20.1 Å². The van der Waals surface area contributed by atoms with Crippen LogP contribution in [0.1, 0.15) is 19.3 Å². The first kappa shape index (κ1) is 15.4. The maximum absolute atomic E-state index is 12.0. The second-order valence-electron chi connectivity index (χ2n) is 5.23. The van der Waals surface area contributed by atoms with E-state index in [1.165, 1.54) is 17.7 Å². The Bertz CT molecular complexity index is 349. The second kappa shape index (κ2) is 7.73. The van der Waals surface area contributed by atoms with E-state index in [0.29, 0.717) is 25.4 Å². The summed E-state index contributed by atoms with van der Waals surface area (Å²) in [5.74, 6) is 1.08. The Labute approximate surface area is 123 Å². The molecule has 1 aliphatic carbocycles. The van der Waals surface area contributed by atoms with Crippen LogP contribution in [-0.2, 0) is 9.53 Å². The zero-order valence-electron chi connectivity index (χ0n) is 11.5. The molecule has 1 atom stereocenters. The molecule has 0 bridgehead atoms. The van der Waals surface area contributed by atoms with Crippen molar-refractivity contribution in [3.63, 3.8) is 0 Å². The van der Waals surface area contributed by atoms with Crippen molar-refractivity contribution < 1.29 is 19.4 Å². The summed E-state index contributed by atoms with van der Waals surface area (Å²) < 4.78 is 5.48. The van der Waals surface area contributed by atoms with Gasteiger partial charge in [0.25, 0.3) is 0 Å². The zero-order chi connectivity index (χ0) is 14.4. The normalized spacial score (nSPS) is 22.6. The van der Waals surface area contributed by atoms with Crippen molar-refractivity contribution >= 4 is 23.8 Å². The van der Waals surface area contributed by atoms with Crippen molar-refractivity contribution in [1.29, 1.82) is 0 Å². The van der Waals surface area contributed by atoms with Gasteiger partial charge in [0.2, 0.25) is 0 Å². The molecule has 1 aliphatic heterocycles. The van der Waals surface area contributed by atoms with Crippen LogP contribution in [0.4, 0.5) is 4.79 Å². The zero-order valence-corrected chi connectivity index (χ0v) is 12.4. The van der Waals surface area contributed by atoms with Gasteiger partial charge in [-0.1, -0.05) is 0 Å². The molecule has 2 aliphatic rings. The number of hydrogen-bond acceptors (Lipinski definition) is 4. The number of nitrogens with one attached hydrogen (secondary N) is 1. The summed E-state index contributed by atoms with van der Waals surface area (Å²) in [5, 5.41) is 11.9. The van der Waals surface area contributed by atoms with Crippen molar-refractivity contribution in [3.05, 3.63) is 0 Å². The van der Waals surface area contributed by atoms with Crippen LogP contribution >= 0.6 is 11.8 Å². The maximum atomic E-state index is 12.0. The highest BCUT2D eigenvalue weighted by molar-refractivity contribution is 7.99. The summed E-state index contributed by atoms with van der Waals surface area (Å²) in [6, 6.07) is -0.986. The highest BCUT2D eigenvalue weighted by atomic mass is 32.2. The summed E-state index contributed by atoms with van der Waals surface area (Å²) in [5.41, 5.74) is 0. The van der Waals surface area contributed by atoms with Gasteiger partial charge in [0.05, 0.1) is 0 Å². The van der Waals surface area contributed by atoms with Gasteiger partial charge in [-0.15, -0.1) is 0 Å². The summed E-state index contributed by atoms with van der Waals surface area (Å²) >= 11 is 1.57. The molecule has 1 unspecified atom stereocenters. The van der Waals surface area contributed by atoms with E-state index in [9.17, 15) is 9.59 Å². The Morgan fingerprint density at radius 3 is 2.90 bits per heavy atom. The predicted molar refractivity (Wildman–Crippen MR) is 77.0 cm³/mol. The van der Waals surface area contributed by atoms with E-state index in [1.807, 2.05) is 0 Å². The first-order valence-corrected chi connectivity index (χ1v) is 8.26. The minimum absolute atomic E-state index is 0.278. The molecular formula is C13H22N2O4S. The lowest BCUT2D eigenvalue weighted by Crippen LogP contribution is -2.53. The van der Waals surface area contributed by atoms with Gasteiger partial charge >= 0.3 is 12.0 Å². The van der Waals surface area contributed by atoms with Gasteiger partial charge in [0, 0.05) is 37.8 Å². The van der Waals surface area contributed by atoms with Crippen LogP contribution in [-0.4, -0.2) is 65.9 Å². The van der Waals surface area contributed by atoms with Gasteiger partial charge in [0.15, 0.2) is 0 Å². The summed E-state index contributed by atoms with van der Waals surface area (Å²) in [7, 11) is 0. The number of carbonyl (C=O) groups excluding carboxylic acids is 1. The number of thioether (sulfide) groups is 1. The molecule has 20 heavy (non-hydrogen) atoms. The Morgan fingerprint density at radius 2 is 2.20 bits per heavy atom. The number of carboxylic acid groups (broad SMARTS) is 1. The molecule has 6 nitrogen and oxygen atoms in total. The molecule has 0 aromatic rings. The largest absolute Gasteiger partial charge is 0.480 e. The first-order chi connectivity index (χ1) is 9.68. The Kier molecular flexibility index (Phi) is 5.97. The quantitative estimate of drug-likeness (QED) is 0.686. The highest BCUT2D eigenvalue weighted by Crippen LogP contribution is 2.28. The van der Waals surface area contributed by atoms with E-state index in [-0.39, 0.29) is 6.03 Å². The number of hydrogen-bond donors (Lipinski definition) is 2. The molecule has 2 N–H and O–H groups in total. The third kappa shape index (κ3) is 4.86. The molecule has 1 heterocycles. The van der Waals surface area contributed by atoms with Crippen molar-refractivity contribution in [2.24, 2.45) is 5.92 Å². The lowest BCUT2D eigenvalue weighted by Gasteiger charge is -2.32. The third-order valence-electron chi connectivity index (χ3n) is 3.47. The van der Waals surface area contributed by atoms with Gasteiger partial charge in [-0.25, -0.2) is 9.59 Å². The van der Waals surface area contributed by atoms with E-state index in [0.717, 1.165) is 24.7 Å². The van der Waals surface area contributed by atoms with E-state index in [2.05, 4.69) is 5.32 Å². The fourth-order valence-corrected chi connectivity index (χ4v) is 3.10. The SMILES string of the molecule is O=C(O)C1CSCCN1C(=O)NCCCOCC1CC1. The molecule has 1 saturated heterocycles. The lowest BCUT2D eigenvalue weighted by molar-refractivity contribution is -0.141. The van der Waals surface area contributed by atoms with Crippen LogP contribution in [0.5, 0.6) is 0 Å². The number of carbonyl (C=O) groups is 2. The molecule has 0 radical (unpaired) electrons. The molecule has 0 aromatic heterocycles. The molecule has 114 valence electrons. The Morgan fingerprint density at radius 1 is 1.40 bits per heavy atom. The maximum Gasteiger partial charge on any atom is 0.327 e. The molecule has 2 rings (SSSR count). The Hall–Kier alpha value is -0.950. The van der Waals surface area contributed by atoms with Gasteiger partial charge in [-0.2, -0.15) is 11.8 Å². The number of carboxylic acids is 1. The van der Waals surface area contributed by atoms with E-state index in [1.54, 1.807) is 11.8 Å². The standard InChI is InChI=1S/C13H22N2O4S/c16-12(17)11-9-20-7-5-15(11)13(18)14-4-1-6-19-8-10-2-3-10/h10-11H,1-9H2,(H,14,18)(H,16,17). The number of ether oxygens (including phenoxy) is 1. The predicted octanol–water partition coefficient (Wildman–Crippen LogP) is 1.01. The van der Waals surface area contributed by atoms with Crippen molar-refractivity contribution in [2.45, 2.75) is 25.3 Å². The molecule has 1 saturated carbocycles. The van der Waals surface area contributed by atoms with Crippen LogP contribution < -0.4 is 5.32 Å². The van der Waals surface area contributed by atoms with Gasteiger partial charge in [-0.05, 0) is 25.2 Å². The summed E-state index contributed by atoms with van der Waals surface area (Å²) in [6.45, 7) is 2.50. The fraction of sp³-hybridized carbons (Fsp3) is 0.846. The molecule has 2 amide bonds. The van der Waals surface area contributed by atoms with Crippen molar-refractivity contribution in [2.75, 3.05) is 37.8 Å². The minimum atomic E-state index is -0.930. The van der Waals surface area contributed by atoms with E-state index >= 15 is 0 Å². The molecule has 2 fully saturated rings. The third-order valence-corrected chi connectivity index (χ3v) is 4.49. The number of nitrogens with zero attached hydrogens (tertiary/aromatic N) is 1. The smallest absolute Gasteiger partial charge is 0.327 e. The number of rotatable bonds is 7. The summed E-state index contributed by atoms with van der Waals surface area (Å²) in [6.07, 6.45) is 3.32. The lowest BCUT2D eigenvalue weighted by atomic mass is 10.3. The average molecular weight is 302 g/mol. The average Bonchev–Trinajstić information content (AvgIpc) is 3.26. The molecule has 0 aromatic carbocycles. The first-order valence-electron chi connectivity index (χ1n) is 7.11. The number of aliphatic carboxylic acids is 1. The van der Waals surface area contributed by atoms with Crippen LogP contribution in [0.25, 0.3) is 0 Å². The topological polar surface area (TPSA) is 78.9 Å². The highest BCUT2D eigenvalue weighted by Gasteiger charge is 2.32. The fourth-order valence-electron chi connectivity index (χ4n) is 2.06. The van der Waals surface area contributed by atoms with Crippen LogP contribution in [0.2, 0.25) is 0 Å². The van der Waals surface area contributed by atoms with Gasteiger partial charge in [0.1, 0.15) is 6.04 Å². The summed E-state index contributed by atoms with van der Waals surface area (Å²) in [4.78, 5) is 24.5. The Balaban J connectivity index is 1.60. The van der Waals surface area contributed by atoms with E-state index in [4.69, 9.17) is 9.84 Å². The monoisotopic (exact) mass is 302 g/mol. The molecular weight excluding hydrogens is 280 g/mol. The van der Waals surface area contributed by atoms with Crippen LogP contribution in [0, 0.1) is 5.92 Å². The van der Waals surface area contributed by atoms with Crippen molar-refractivity contribution in [3.8, 4) is 0 Å². The van der Waals surface area contributed by atoms with Gasteiger partial charge in [-0.3, -0.25) is 0 Å². The second-order valence-corrected chi connectivity index (χ2v) is 6.38. The van der Waals surface area contributed by atoms with Crippen molar-refractivity contribution in [1.82, 2.24) is 10.2 Å². The minimum Gasteiger partial charge on any atom is -0.480 e. The molecule has 0 spiro atoms. The molecule has 7 heteroatoms. The van der Waals surface area contributed by atoms with Crippen LogP contribution in [0.15, 0.2) is 0 Å². The number of amides is 2.